The maximum atomic E-state index is 12.6. The van der Waals surface area contributed by atoms with E-state index in [0.29, 0.717) is 11.3 Å². The van der Waals surface area contributed by atoms with Crippen molar-refractivity contribution in [1.82, 2.24) is 20.2 Å². The van der Waals surface area contributed by atoms with Gasteiger partial charge in [-0.2, -0.15) is 4.68 Å². The maximum Gasteiger partial charge on any atom is 0.348 e. The van der Waals surface area contributed by atoms with Gasteiger partial charge in [0.05, 0.1) is 30.0 Å². The molecule has 178 valence electrons. The number of aromatic nitrogens is 4. The van der Waals surface area contributed by atoms with Crippen LogP contribution in [0.4, 0.5) is 5.00 Å². The standard InChI is InChI=1S/C21H21N5O7S/c1-4-31-20(29)16-12(3)17(21(30)32-5-2)34-18(16)23-15(27)10-33-19(28)13-8-6-7-9-14(13)26-11-22-24-25-26/h6-9,11H,4-5,10H2,1-3H3,(H,23,27). The lowest BCUT2D eigenvalue weighted by Crippen LogP contribution is -2.22. The van der Waals surface area contributed by atoms with Crippen molar-refractivity contribution in [3.05, 3.63) is 52.2 Å². The smallest absolute Gasteiger partial charge is 0.348 e. The number of ether oxygens (including phenoxy) is 3. The summed E-state index contributed by atoms with van der Waals surface area (Å²) in [6.45, 7) is 4.46. The molecular formula is C21H21N5O7S. The quantitative estimate of drug-likeness (QED) is 0.351. The minimum atomic E-state index is -0.776. The van der Waals surface area contributed by atoms with Crippen molar-refractivity contribution in [1.29, 1.82) is 0 Å². The summed E-state index contributed by atoms with van der Waals surface area (Å²) >= 11 is 0.875. The number of nitrogens with zero attached hydrogens (tertiary/aromatic N) is 4. The van der Waals surface area contributed by atoms with Crippen molar-refractivity contribution < 1.29 is 33.4 Å². The van der Waals surface area contributed by atoms with Crippen molar-refractivity contribution in [2.24, 2.45) is 0 Å². The Balaban J connectivity index is 1.75. The second-order valence-electron chi connectivity index (χ2n) is 6.60. The predicted octanol–water partition coefficient (Wildman–Crippen LogP) is 2.18. The second-order valence-corrected chi connectivity index (χ2v) is 7.62. The normalized spacial score (nSPS) is 10.4. The lowest BCUT2D eigenvalue weighted by atomic mass is 10.1. The summed E-state index contributed by atoms with van der Waals surface area (Å²) < 4.78 is 16.5. The van der Waals surface area contributed by atoms with Crippen LogP contribution in [0.15, 0.2) is 30.6 Å². The number of hydrogen-bond donors (Lipinski definition) is 1. The fourth-order valence-electron chi connectivity index (χ4n) is 2.93. The Morgan fingerprint density at radius 2 is 1.71 bits per heavy atom. The fraction of sp³-hybridized carbons (Fsp3) is 0.286. The van der Waals surface area contributed by atoms with Crippen LogP contribution in [0.2, 0.25) is 0 Å². The summed E-state index contributed by atoms with van der Waals surface area (Å²) in [5, 5.41) is 13.4. The molecule has 0 aliphatic carbocycles. The molecule has 0 fully saturated rings. The third kappa shape index (κ3) is 5.43. The van der Waals surface area contributed by atoms with Crippen molar-refractivity contribution in [3.8, 4) is 5.69 Å². The molecule has 0 saturated carbocycles. The van der Waals surface area contributed by atoms with Crippen LogP contribution < -0.4 is 5.32 Å². The van der Waals surface area contributed by atoms with E-state index in [1.807, 2.05) is 0 Å². The monoisotopic (exact) mass is 487 g/mol. The molecule has 3 aromatic rings. The minimum Gasteiger partial charge on any atom is -0.462 e. The summed E-state index contributed by atoms with van der Waals surface area (Å²) in [5.74, 6) is -2.81. The van der Waals surface area contributed by atoms with Crippen molar-refractivity contribution in [2.75, 3.05) is 25.1 Å². The van der Waals surface area contributed by atoms with Crippen LogP contribution in [-0.2, 0) is 19.0 Å². The number of rotatable bonds is 9. The van der Waals surface area contributed by atoms with Gasteiger partial charge in [0.2, 0.25) is 0 Å². The number of amides is 1. The molecule has 1 amide bonds. The molecule has 0 radical (unpaired) electrons. The van der Waals surface area contributed by atoms with E-state index in [-0.39, 0.29) is 34.2 Å². The van der Waals surface area contributed by atoms with Gasteiger partial charge < -0.3 is 19.5 Å². The molecule has 0 spiro atoms. The summed E-state index contributed by atoms with van der Waals surface area (Å²) in [7, 11) is 0. The lowest BCUT2D eigenvalue weighted by Gasteiger charge is -2.09. The molecule has 1 N–H and O–H groups in total. The number of carbonyl (C=O) groups is 4. The first-order chi connectivity index (χ1) is 16.4. The molecule has 2 aromatic heterocycles. The molecule has 0 bridgehead atoms. The number of benzene rings is 1. The number of para-hydroxylation sites is 1. The van der Waals surface area contributed by atoms with Crippen LogP contribution in [0, 0.1) is 6.92 Å². The van der Waals surface area contributed by atoms with E-state index in [2.05, 4.69) is 20.8 Å². The topological polar surface area (TPSA) is 152 Å². The van der Waals surface area contributed by atoms with Crippen LogP contribution in [0.3, 0.4) is 0 Å². The zero-order valence-corrected chi connectivity index (χ0v) is 19.4. The van der Waals surface area contributed by atoms with Gasteiger partial charge in [0.15, 0.2) is 6.61 Å². The van der Waals surface area contributed by atoms with Gasteiger partial charge in [-0.1, -0.05) is 12.1 Å². The summed E-state index contributed by atoms with van der Waals surface area (Å²) in [6, 6.07) is 6.44. The third-order valence-electron chi connectivity index (χ3n) is 4.39. The van der Waals surface area contributed by atoms with E-state index in [0.717, 1.165) is 11.3 Å². The van der Waals surface area contributed by atoms with Gasteiger partial charge in [-0.25, -0.2) is 14.4 Å². The Bertz CT molecular complexity index is 1210. The molecule has 0 aliphatic heterocycles. The molecule has 0 atom stereocenters. The zero-order valence-electron chi connectivity index (χ0n) is 18.6. The number of thiophene rings is 1. The molecule has 3 rings (SSSR count). The van der Waals surface area contributed by atoms with E-state index >= 15 is 0 Å². The maximum absolute atomic E-state index is 12.6. The highest BCUT2D eigenvalue weighted by Crippen LogP contribution is 2.34. The average molecular weight is 487 g/mol. The van der Waals surface area contributed by atoms with Gasteiger partial charge >= 0.3 is 17.9 Å². The van der Waals surface area contributed by atoms with Gasteiger partial charge in [-0.3, -0.25) is 4.79 Å². The van der Waals surface area contributed by atoms with E-state index in [4.69, 9.17) is 14.2 Å². The number of tetrazole rings is 1. The van der Waals surface area contributed by atoms with Gasteiger partial charge in [0, 0.05) is 0 Å². The van der Waals surface area contributed by atoms with Crippen molar-refractivity contribution >= 4 is 40.2 Å². The SMILES string of the molecule is CCOC(=O)c1sc(NC(=O)COC(=O)c2ccccc2-n2cnnn2)c(C(=O)OCC)c1C. The lowest BCUT2D eigenvalue weighted by molar-refractivity contribution is -0.119. The first-order valence-electron chi connectivity index (χ1n) is 10.1. The highest BCUT2D eigenvalue weighted by atomic mass is 32.1. The zero-order chi connectivity index (χ0) is 24.7. The van der Waals surface area contributed by atoms with E-state index < -0.39 is 30.4 Å². The largest absolute Gasteiger partial charge is 0.462 e. The Kier molecular flexibility index (Phi) is 8.03. The Labute approximate surface area is 197 Å². The Hall–Kier alpha value is -4.13. The molecule has 0 unspecified atom stereocenters. The van der Waals surface area contributed by atoms with Crippen LogP contribution in [0.5, 0.6) is 0 Å². The molecule has 34 heavy (non-hydrogen) atoms. The van der Waals surface area contributed by atoms with Gasteiger partial charge in [0.1, 0.15) is 16.2 Å². The molecule has 1 aromatic carbocycles. The molecule has 2 heterocycles. The summed E-state index contributed by atoms with van der Waals surface area (Å²) in [4.78, 5) is 49.9. The second kappa shape index (κ2) is 11.1. The van der Waals surface area contributed by atoms with Gasteiger partial charge in [-0.15, -0.1) is 16.4 Å². The fourth-order valence-corrected chi connectivity index (χ4v) is 4.04. The highest BCUT2D eigenvalue weighted by Gasteiger charge is 2.27. The van der Waals surface area contributed by atoms with Crippen molar-refractivity contribution in [3.63, 3.8) is 0 Å². The van der Waals surface area contributed by atoms with Gasteiger partial charge in [-0.05, 0) is 48.9 Å². The number of carbonyl (C=O) groups excluding carboxylic acids is 4. The number of nitrogens with one attached hydrogen (secondary N) is 1. The number of hydrogen-bond acceptors (Lipinski definition) is 11. The van der Waals surface area contributed by atoms with Crippen molar-refractivity contribution in [2.45, 2.75) is 20.8 Å². The van der Waals surface area contributed by atoms with E-state index in [9.17, 15) is 19.2 Å². The number of anilines is 1. The predicted molar refractivity (Wildman–Crippen MR) is 119 cm³/mol. The van der Waals surface area contributed by atoms with Crippen LogP contribution in [0.25, 0.3) is 5.69 Å². The van der Waals surface area contributed by atoms with Gasteiger partial charge in [0.25, 0.3) is 5.91 Å². The van der Waals surface area contributed by atoms with Crippen LogP contribution >= 0.6 is 11.3 Å². The summed E-state index contributed by atoms with van der Waals surface area (Å²) in [6.07, 6.45) is 1.32. The average Bonchev–Trinajstić information content (AvgIpc) is 3.46. The van der Waals surface area contributed by atoms with E-state index in [1.165, 1.54) is 17.1 Å². The molecule has 0 aliphatic rings. The summed E-state index contributed by atoms with van der Waals surface area (Å²) in [5.41, 5.74) is 0.880. The molecule has 13 heteroatoms. The highest BCUT2D eigenvalue weighted by molar-refractivity contribution is 7.18. The minimum absolute atomic E-state index is 0.0404. The Morgan fingerprint density at radius 3 is 2.38 bits per heavy atom. The molecular weight excluding hydrogens is 466 g/mol. The van der Waals surface area contributed by atoms with E-state index in [1.54, 1.807) is 39.0 Å². The first kappa shape index (κ1) is 24.5. The first-order valence-corrected chi connectivity index (χ1v) is 11.0. The Morgan fingerprint density at radius 1 is 1.00 bits per heavy atom. The molecule has 0 saturated heterocycles. The molecule has 12 nitrogen and oxygen atoms in total. The third-order valence-corrected chi connectivity index (χ3v) is 5.58. The van der Waals surface area contributed by atoms with Crippen LogP contribution in [-0.4, -0.2) is 63.8 Å². The number of esters is 3. The van der Waals surface area contributed by atoms with Crippen LogP contribution in [0.1, 0.15) is 49.8 Å².